The highest BCUT2D eigenvalue weighted by Gasteiger charge is 2.40. The average Bonchev–Trinajstić information content (AvgIpc) is 4.14. The maximum absolute atomic E-state index is 12.6. The number of halogens is 1. The molecule has 3 N–H and O–H groups in total. The van der Waals surface area contributed by atoms with Crippen LogP contribution in [0.5, 0.6) is 0 Å². The van der Waals surface area contributed by atoms with E-state index in [9.17, 15) is 15.0 Å². The summed E-state index contributed by atoms with van der Waals surface area (Å²) < 4.78 is 11.9. The van der Waals surface area contributed by atoms with E-state index >= 15 is 0 Å². The van der Waals surface area contributed by atoms with Gasteiger partial charge in [-0.1, -0.05) is 15.9 Å². The SMILES string of the molecule is O=C(CBr)N(C1CCN(C2CCC(COCC3CC3)CC2)CC1)[C@H]1CCC[C@@H]1O.O[C@H]1CCC[C@@H]1NC1CCN(C2CCC(COCC3CC3)CC2)CC1. The van der Waals surface area contributed by atoms with E-state index in [0.717, 1.165) is 114 Å². The number of aliphatic hydroxyl groups is 2. The Hall–Kier alpha value is -0.330. The average molecular weight is 822 g/mol. The topological polar surface area (TPSA) is 97.7 Å². The smallest absolute Gasteiger partial charge is 0.233 e. The van der Waals surface area contributed by atoms with Crippen LogP contribution in [0.15, 0.2) is 0 Å². The Morgan fingerprint density at radius 2 is 1.02 bits per heavy atom. The van der Waals surface area contributed by atoms with Crippen LogP contribution < -0.4 is 5.32 Å². The van der Waals surface area contributed by atoms with E-state index in [-0.39, 0.29) is 24.2 Å². The van der Waals surface area contributed by atoms with Crippen LogP contribution in [0.2, 0.25) is 0 Å². The quantitative estimate of drug-likeness (QED) is 0.161. The fourth-order valence-corrected chi connectivity index (χ4v) is 11.4. The van der Waals surface area contributed by atoms with E-state index in [1.807, 2.05) is 0 Å². The number of aliphatic hydroxyl groups excluding tert-OH is 2. The van der Waals surface area contributed by atoms with Crippen LogP contribution in [0.4, 0.5) is 0 Å². The number of alkyl halides is 1. The Labute approximate surface area is 336 Å². The van der Waals surface area contributed by atoms with Crippen molar-refractivity contribution in [1.82, 2.24) is 20.0 Å². The number of carbonyl (C=O) groups is 1. The first-order valence-corrected chi connectivity index (χ1v) is 24.2. The van der Waals surface area contributed by atoms with Crippen LogP contribution >= 0.6 is 15.9 Å². The first-order chi connectivity index (χ1) is 26.4. The van der Waals surface area contributed by atoms with Crippen molar-refractivity contribution in [2.24, 2.45) is 23.7 Å². The minimum absolute atomic E-state index is 0.0303. The molecule has 1 amide bonds. The number of hydrogen-bond donors (Lipinski definition) is 3. The maximum atomic E-state index is 12.6. The number of likely N-dealkylation sites (tertiary alicyclic amines) is 2. The van der Waals surface area contributed by atoms with Crippen molar-refractivity contribution in [3.05, 3.63) is 0 Å². The minimum Gasteiger partial charge on any atom is -0.392 e. The van der Waals surface area contributed by atoms with Crippen molar-refractivity contribution in [1.29, 1.82) is 0 Å². The lowest BCUT2D eigenvalue weighted by Gasteiger charge is -2.45. The molecule has 0 aromatic heterocycles. The van der Waals surface area contributed by atoms with Gasteiger partial charge in [-0.2, -0.15) is 0 Å². The third kappa shape index (κ3) is 12.3. The largest absolute Gasteiger partial charge is 0.392 e. The van der Waals surface area contributed by atoms with E-state index < -0.39 is 0 Å². The third-order valence-corrected chi connectivity index (χ3v) is 15.5. The van der Waals surface area contributed by atoms with Gasteiger partial charge < -0.3 is 39.7 Å². The molecule has 2 saturated heterocycles. The van der Waals surface area contributed by atoms with Crippen LogP contribution in [-0.4, -0.2) is 137 Å². The van der Waals surface area contributed by atoms with E-state index in [1.165, 1.54) is 109 Å². The second-order valence-corrected chi connectivity index (χ2v) is 19.7. The number of hydrogen-bond acceptors (Lipinski definition) is 8. The summed E-state index contributed by atoms with van der Waals surface area (Å²) in [7, 11) is 0. The summed E-state index contributed by atoms with van der Waals surface area (Å²) in [6.45, 7) is 8.67. The van der Waals surface area contributed by atoms with E-state index in [1.54, 1.807) is 0 Å². The standard InChI is InChI=1S/C23H39BrN2O3.C21H38N2O2/c24-14-23(28)26(21-2-1-3-22(21)27)20-10-12-25(13-11-20)19-8-6-18(7-9-19)16-29-15-17-4-5-17;24-21-3-1-2-20(21)22-18-10-12-23(13-11-18)19-8-6-17(7-9-19)15-25-14-16-4-5-16/h17-22,27H,1-16H2;16-22,24H,1-15H2/t18?,19?,21-,22-;17?,19?,20-,21-/m00/s1. The number of nitrogens with zero attached hydrogens (tertiary/aromatic N) is 3. The molecule has 0 bridgehead atoms. The summed E-state index contributed by atoms with van der Waals surface area (Å²) in [6.07, 6.45) is 26.6. The van der Waals surface area contributed by atoms with Gasteiger partial charge in [-0.25, -0.2) is 0 Å². The number of amides is 1. The number of rotatable bonds is 15. The summed E-state index contributed by atoms with van der Waals surface area (Å²) in [5.74, 6) is 3.50. The lowest BCUT2D eigenvalue weighted by Crippen LogP contribution is -2.55. The Morgan fingerprint density at radius 1 is 0.574 bits per heavy atom. The van der Waals surface area contributed by atoms with Gasteiger partial charge in [0.25, 0.3) is 0 Å². The Kier molecular flexibility index (Phi) is 16.3. The molecule has 2 heterocycles. The summed E-state index contributed by atoms with van der Waals surface area (Å²) in [5.41, 5.74) is 0. The molecule has 6 saturated carbocycles. The second-order valence-electron chi connectivity index (χ2n) is 19.2. The fraction of sp³-hybridized carbons (Fsp3) is 0.977. The molecule has 0 radical (unpaired) electrons. The van der Waals surface area contributed by atoms with Crippen molar-refractivity contribution in [2.45, 2.75) is 190 Å². The van der Waals surface area contributed by atoms with Crippen LogP contribution in [0.25, 0.3) is 0 Å². The molecule has 2 aliphatic heterocycles. The molecule has 310 valence electrons. The molecule has 0 aromatic rings. The highest BCUT2D eigenvalue weighted by molar-refractivity contribution is 9.09. The fourth-order valence-electron chi connectivity index (χ4n) is 11.1. The molecule has 0 aromatic carbocycles. The van der Waals surface area contributed by atoms with Gasteiger partial charge in [0.15, 0.2) is 0 Å². The van der Waals surface area contributed by atoms with E-state index in [2.05, 4.69) is 35.9 Å². The van der Waals surface area contributed by atoms with Gasteiger partial charge in [0.05, 0.1) is 23.6 Å². The molecule has 54 heavy (non-hydrogen) atoms. The summed E-state index contributed by atoms with van der Waals surface area (Å²) in [5, 5.41) is 24.5. The maximum Gasteiger partial charge on any atom is 0.233 e. The van der Waals surface area contributed by atoms with E-state index in [4.69, 9.17) is 9.47 Å². The molecule has 0 unspecified atom stereocenters. The van der Waals surface area contributed by atoms with Crippen LogP contribution in [0.1, 0.15) is 141 Å². The van der Waals surface area contributed by atoms with Gasteiger partial charge in [-0.15, -0.1) is 0 Å². The lowest BCUT2D eigenvalue weighted by molar-refractivity contribution is -0.137. The van der Waals surface area contributed by atoms with Gasteiger partial charge in [-0.3, -0.25) is 4.79 Å². The van der Waals surface area contributed by atoms with Crippen molar-refractivity contribution < 1.29 is 24.5 Å². The van der Waals surface area contributed by atoms with Crippen LogP contribution in [0, 0.1) is 23.7 Å². The lowest BCUT2D eigenvalue weighted by atomic mass is 9.85. The molecular formula is C44H77BrN4O5. The van der Waals surface area contributed by atoms with Crippen molar-refractivity contribution in [3.8, 4) is 0 Å². The Morgan fingerprint density at radius 3 is 1.43 bits per heavy atom. The number of carbonyl (C=O) groups excluding carboxylic acids is 1. The van der Waals surface area contributed by atoms with Gasteiger partial charge in [0.1, 0.15) is 0 Å². The van der Waals surface area contributed by atoms with E-state index in [0.29, 0.717) is 29.5 Å². The van der Waals surface area contributed by atoms with Crippen LogP contribution in [0.3, 0.4) is 0 Å². The molecule has 8 aliphatic rings. The predicted octanol–water partition coefficient (Wildman–Crippen LogP) is 6.51. The Bertz CT molecular complexity index is 1100. The Balaban J connectivity index is 0.000000168. The first-order valence-electron chi connectivity index (χ1n) is 23.1. The molecule has 6 aliphatic carbocycles. The van der Waals surface area contributed by atoms with Crippen molar-refractivity contribution in [3.63, 3.8) is 0 Å². The normalized spacial score (nSPS) is 36.2. The zero-order chi connectivity index (χ0) is 37.3. The van der Waals surface area contributed by atoms with Crippen LogP contribution in [-0.2, 0) is 14.3 Å². The number of ether oxygens (including phenoxy) is 2. The summed E-state index contributed by atoms with van der Waals surface area (Å²) >= 11 is 3.36. The predicted molar refractivity (Wildman–Crippen MR) is 219 cm³/mol. The molecule has 8 rings (SSSR count). The molecule has 8 fully saturated rings. The molecule has 4 atom stereocenters. The highest BCUT2D eigenvalue weighted by Crippen LogP contribution is 2.35. The van der Waals surface area contributed by atoms with Gasteiger partial charge in [0, 0.05) is 69.7 Å². The minimum atomic E-state index is -0.339. The molecule has 10 heteroatoms. The molecule has 9 nitrogen and oxygen atoms in total. The third-order valence-electron chi connectivity index (χ3n) is 15.0. The first kappa shape index (κ1) is 41.8. The highest BCUT2D eigenvalue weighted by atomic mass is 79.9. The molecule has 0 spiro atoms. The van der Waals surface area contributed by atoms with Gasteiger partial charge in [-0.05, 0) is 178 Å². The summed E-state index contributed by atoms with van der Waals surface area (Å²) in [4.78, 5) is 20.1. The molecular weight excluding hydrogens is 744 g/mol. The number of nitrogens with one attached hydrogen (secondary N) is 1. The number of piperidine rings is 2. The van der Waals surface area contributed by atoms with Gasteiger partial charge in [0.2, 0.25) is 5.91 Å². The van der Waals surface area contributed by atoms with Gasteiger partial charge >= 0.3 is 0 Å². The zero-order valence-corrected chi connectivity index (χ0v) is 35.3. The van der Waals surface area contributed by atoms with Crippen molar-refractivity contribution in [2.75, 3.05) is 57.9 Å². The monoisotopic (exact) mass is 821 g/mol. The second kappa shape index (κ2) is 21.1. The van der Waals surface area contributed by atoms with Crippen molar-refractivity contribution >= 4 is 21.8 Å². The zero-order valence-electron chi connectivity index (χ0n) is 33.7. The summed E-state index contributed by atoms with van der Waals surface area (Å²) in [6, 6.07) is 2.85.